The summed E-state index contributed by atoms with van der Waals surface area (Å²) in [7, 11) is 0. The van der Waals surface area contributed by atoms with Gasteiger partial charge in [0, 0.05) is 17.6 Å². The summed E-state index contributed by atoms with van der Waals surface area (Å²) in [6.45, 7) is 1.78. The molecule has 6 nitrogen and oxygen atoms in total. The number of ether oxygens (including phenoxy) is 1. The lowest BCUT2D eigenvalue weighted by Crippen LogP contribution is -2.36. The molecule has 1 N–H and O–H groups in total. The van der Waals surface area contributed by atoms with Crippen LogP contribution in [0.1, 0.15) is 12.5 Å². The van der Waals surface area contributed by atoms with E-state index in [0.29, 0.717) is 5.02 Å². The molecule has 1 atom stereocenters. The molecule has 1 unspecified atom stereocenters. The quantitative estimate of drug-likeness (QED) is 0.649. The van der Waals surface area contributed by atoms with E-state index in [9.17, 15) is 14.9 Å². The molecule has 0 saturated heterocycles. The Kier molecular flexibility index (Phi) is 5.54. The van der Waals surface area contributed by atoms with Crippen LogP contribution in [0.5, 0.6) is 5.75 Å². The smallest absolute Gasteiger partial charge is 0.310 e. The standard InChI is InChI=1S/C16H15ClN2O4/c1-11(23-15-9-5-4-8-14(15)19(21)22)16(20)18-10-12-6-2-3-7-13(12)17/h2-9,11H,10H2,1H3,(H,18,20). The third-order valence-electron chi connectivity index (χ3n) is 3.15. The van der Waals surface area contributed by atoms with Gasteiger partial charge in [0.2, 0.25) is 0 Å². The van der Waals surface area contributed by atoms with Crippen molar-refractivity contribution >= 4 is 23.2 Å². The highest BCUT2D eigenvalue weighted by Gasteiger charge is 2.20. The van der Waals surface area contributed by atoms with Crippen molar-refractivity contribution in [3.05, 3.63) is 69.2 Å². The third kappa shape index (κ3) is 4.43. The Morgan fingerprint density at radius 2 is 1.91 bits per heavy atom. The van der Waals surface area contributed by atoms with E-state index in [0.717, 1.165) is 5.56 Å². The number of carbonyl (C=O) groups excluding carboxylic acids is 1. The van der Waals surface area contributed by atoms with Crippen LogP contribution in [-0.2, 0) is 11.3 Å². The average Bonchev–Trinajstić information content (AvgIpc) is 2.54. The van der Waals surface area contributed by atoms with Gasteiger partial charge in [0.1, 0.15) is 0 Å². The van der Waals surface area contributed by atoms with Gasteiger partial charge in [-0.15, -0.1) is 0 Å². The van der Waals surface area contributed by atoms with Crippen molar-refractivity contribution in [1.82, 2.24) is 5.32 Å². The normalized spacial score (nSPS) is 11.6. The van der Waals surface area contributed by atoms with Gasteiger partial charge in [-0.05, 0) is 24.6 Å². The molecule has 0 aliphatic heterocycles. The predicted octanol–water partition coefficient (Wildman–Crippen LogP) is 3.33. The fourth-order valence-electron chi connectivity index (χ4n) is 1.92. The molecule has 0 radical (unpaired) electrons. The van der Waals surface area contributed by atoms with Crippen molar-refractivity contribution in [2.75, 3.05) is 0 Å². The van der Waals surface area contributed by atoms with Gasteiger partial charge >= 0.3 is 5.69 Å². The van der Waals surface area contributed by atoms with Crippen molar-refractivity contribution in [2.24, 2.45) is 0 Å². The van der Waals surface area contributed by atoms with Gasteiger partial charge in [0.25, 0.3) is 5.91 Å². The van der Waals surface area contributed by atoms with Gasteiger partial charge in [0.15, 0.2) is 11.9 Å². The first-order valence-corrected chi connectivity index (χ1v) is 7.28. The highest BCUT2D eigenvalue weighted by molar-refractivity contribution is 6.31. The zero-order valence-corrected chi connectivity index (χ0v) is 13.1. The van der Waals surface area contributed by atoms with Crippen LogP contribution in [0.25, 0.3) is 0 Å². The molecule has 0 heterocycles. The summed E-state index contributed by atoms with van der Waals surface area (Å²) in [4.78, 5) is 22.4. The molecule has 23 heavy (non-hydrogen) atoms. The number of nitro groups is 1. The molecule has 2 aromatic rings. The number of nitrogens with zero attached hydrogens (tertiary/aromatic N) is 1. The Morgan fingerprint density at radius 3 is 2.61 bits per heavy atom. The number of hydrogen-bond acceptors (Lipinski definition) is 4. The van der Waals surface area contributed by atoms with Crippen molar-refractivity contribution in [3.63, 3.8) is 0 Å². The maximum absolute atomic E-state index is 12.1. The average molecular weight is 335 g/mol. The van der Waals surface area contributed by atoms with Crippen LogP contribution in [0, 0.1) is 10.1 Å². The van der Waals surface area contributed by atoms with Gasteiger partial charge < -0.3 is 10.1 Å². The van der Waals surface area contributed by atoms with Gasteiger partial charge in [-0.3, -0.25) is 14.9 Å². The summed E-state index contributed by atoms with van der Waals surface area (Å²) in [5.74, 6) is -0.332. The maximum Gasteiger partial charge on any atom is 0.310 e. The van der Waals surface area contributed by atoms with Crippen molar-refractivity contribution in [2.45, 2.75) is 19.6 Å². The fraction of sp³-hybridized carbons (Fsp3) is 0.188. The van der Waals surface area contributed by atoms with Crippen LogP contribution in [-0.4, -0.2) is 16.9 Å². The first kappa shape index (κ1) is 16.8. The van der Waals surface area contributed by atoms with Crippen LogP contribution in [0.15, 0.2) is 48.5 Å². The second kappa shape index (κ2) is 7.60. The molecule has 0 aliphatic rings. The zero-order chi connectivity index (χ0) is 16.8. The largest absolute Gasteiger partial charge is 0.474 e. The van der Waals surface area contributed by atoms with E-state index in [1.54, 1.807) is 24.3 Å². The summed E-state index contributed by atoms with van der Waals surface area (Å²) in [6.07, 6.45) is -0.876. The summed E-state index contributed by atoms with van der Waals surface area (Å²) in [6, 6.07) is 13.1. The van der Waals surface area contributed by atoms with Crippen molar-refractivity contribution in [3.8, 4) is 5.75 Å². The highest BCUT2D eigenvalue weighted by atomic mass is 35.5. The first-order chi connectivity index (χ1) is 11.0. The summed E-state index contributed by atoms with van der Waals surface area (Å²) < 4.78 is 5.40. The van der Waals surface area contributed by atoms with Crippen LogP contribution < -0.4 is 10.1 Å². The van der Waals surface area contributed by atoms with Crippen LogP contribution >= 0.6 is 11.6 Å². The van der Waals surface area contributed by atoms with E-state index in [1.165, 1.54) is 25.1 Å². The Labute approximate surface area is 138 Å². The molecule has 0 bridgehead atoms. The minimum absolute atomic E-state index is 0.0536. The summed E-state index contributed by atoms with van der Waals surface area (Å²) in [5, 5.41) is 14.2. The predicted molar refractivity (Wildman–Crippen MR) is 86.5 cm³/mol. The van der Waals surface area contributed by atoms with E-state index in [-0.39, 0.29) is 23.9 Å². The molecule has 7 heteroatoms. The van der Waals surface area contributed by atoms with Crippen LogP contribution in [0.3, 0.4) is 0 Å². The molecule has 120 valence electrons. The number of hydrogen-bond donors (Lipinski definition) is 1. The van der Waals surface area contributed by atoms with Gasteiger partial charge in [-0.25, -0.2) is 0 Å². The van der Waals surface area contributed by atoms with Gasteiger partial charge in [-0.2, -0.15) is 0 Å². The van der Waals surface area contributed by atoms with E-state index in [4.69, 9.17) is 16.3 Å². The Morgan fingerprint density at radius 1 is 1.26 bits per heavy atom. The number of amides is 1. The van der Waals surface area contributed by atoms with Crippen molar-refractivity contribution in [1.29, 1.82) is 0 Å². The number of para-hydroxylation sites is 2. The van der Waals surface area contributed by atoms with Crippen molar-refractivity contribution < 1.29 is 14.5 Å². The van der Waals surface area contributed by atoms with Gasteiger partial charge in [-0.1, -0.05) is 41.9 Å². The molecule has 0 spiro atoms. The lowest BCUT2D eigenvalue weighted by Gasteiger charge is -2.15. The summed E-state index contributed by atoms with van der Waals surface area (Å²) >= 11 is 6.02. The van der Waals surface area contributed by atoms with Crippen LogP contribution in [0.4, 0.5) is 5.69 Å². The Bertz CT molecular complexity index is 721. The third-order valence-corrected chi connectivity index (χ3v) is 3.51. The minimum Gasteiger partial charge on any atom is -0.474 e. The fourth-order valence-corrected chi connectivity index (χ4v) is 2.12. The van der Waals surface area contributed by atoms with Crippen LogP contribution in [0.2, 0.25) is 5.02 Å². The number of nitrogens with one attached hydrogen (secondary N) is 1. The molecule has 0 aromatic heterocycles. The highest BCUT2D eigenvalue weighted by Crippen LogP contribution is 2.26. The molecule has 2 aromatic carbocycles. The lowest BCUT2D eigenvalue weighted by atomic mass is 10.2. The molecular formula is C16H15ClN2O4. The topological polar surface area (TPSA) is 81.5 Å². The summed E-state index contributed by atoms with van der Waals surface area (Å²) in [5.41, 5.74) is 0.596. The second-order valence-corrected chi connectivity index (χ2v) is 5.20. The van der Waals surface area contributed by atoms with Gasteiger partial charge in [0.05, 0.1) is 4.92 Å². The van der Waals surface area contributed by atoms with E-state index >= 15 is 0 Å². The molecule has 0 saturated carbocycles. The Balaban J connectivity index is 1.98. The second-order valence-electron chi connectivity index (χ2n) is 4.79. The number of halogens is 1. The molecule has 0 fully saturated rings. The number of benzene rings is 2. The monoisotopic (exact) mass is 334 g/mol. The van der Waals surface area contributed by atoms with E-state index in [1.807, 2.05) is 6.07 Å². The molecular weight excluding hydrogens is 320 g/mol. The molecule has 0 aliphatic carbocycles. The SMILES string of the molecule is CC(Oc1ccccc1[N+](=O)[O-])C(=O)NCc1ccccc1Cl. The minimum atomic E-state index is -0.876. The number of carbonyl (C=O) groups is 1. The maximum atomic E-state index is 12.1. The molecule has 1 amide bonds. The number of rotatable bonds is 6. The molecule has 2 rings (SSSR count). The lowest BCUT2D eigenvalue weighted by molar-refractivity contribution is -0.386. The van der Waals surface area contributed by atoms with E-state index in [2.05, 4.69) is 5.32 Å². The zero-order valence-electron chi connectivity index (χ0n) is 12.4. The Hall–Kier alpha value is -2.60. The first-order valence-electron chi connectivity index (χ1n) is 6.90. The van der Waals surface area contributed by atoms with E-state index < -0.39 is 11.0 Å². The number of nitro benzene ring substituents is 1.